The van der Waals surface area contributed by atoms with Crippen LogP contribution in [0.3, 0.4) is 0 Å². The standard InChI is InChI=1S/C21H23N3O3/c1-14-10-18(15(2)22(14)11-16-6-4-3-5-7-16)19(25)12-24-20(26)13-23(21(24)27)17-8-9-17/h3-7,10,17H,8-9,11-13H2,1-2H3. The fraction of sp³-hybridized carbons (Fsp3) is 0.381. The molecule has 2 fully saturated rings. The Labute approximate surface area is 158 Å². The second-order valence-electron chi connectivity index (χ2n) is 7.40. The molecule has 0 spiro atoms. The average molecular weight is 365 g/mol. The molecule has 2 aromatic rings. The minimum atomic E-state index is -0.325. The first kappa shape index (κ1) is 17.5. The number of aryl methyl sites for hydroxylation is 1. The lowest BCUT2D eigenvalue weighted by Gasteiger charge is -2.16. The summed E-state index contributed by atoms with van der Waals surface area (Å²) in [7, 11) is 0. The first-order valence-corrected chi connectivity index (χ1v) is 9.30. The maximum Gasteiger partial charge on any atom is 0.327 e. The molecule has 1 saturated heterocycles. The van der Waals surface area contributed by atoms with E-state index in [-0.39, 0.29) is 36.9 Å². The summed E-state index contributed by atoms with van der Waals surface area (Å²) in [6.45, 7) is 4.48. The van der Waals surface area contributed by atoms with Gasteiger partial charge in [-0.3, -0.25) is 14.5 Å². The normalized spacial score (nSPS) is 17.1. The summed E-state index contributed by atoms with van der Waals surface area (Å²) in [4.78, 5) is 40.2. The summed E-state index contributed by atoms with van der Waals surface area (Å²) in [6.07, 6.45) is 1.89. The van der Waals surface area contributed by atoms with Gasteiger partial charge in [-0.1, -0.05) is 30.3 Å². The predicted octanol–water partition coefficient (Wildman–Crippen LogP) is 2.76. The molecule has 4 rings (SSSR count). The number of hydrogen-bond donors (Lipinski definition) is 0. The molecular weight excluding hydrogens is 342 g/mol. The smallest absolute Gasteiger partial charge is 0.327 e. The second-order valence-corrected chi connectivity index (χ2v) is 7.40. The highest BCUT2D eigenvalue weighted by Gasteiger charge is 2.44. The Kier molecular flexibility index (Phi) is 4.34. The van der Waals surface area contributed by atoms with E-state index in [0.717, 1.165) is 34.7 Å². The first-order chi connectivity index (χ1) is 13.0. The Morgan fingerprint density at radius 1 is 1.11 bits per heavy atom. The van der Waals surface area contributed by atoms with Gasteiger partial charge in [-0.15, -0.1) is 0 Å². The van der Waals surface area contributed by atoms with Crippen molar-refractivity contribution in [2.45, 2.75) is 39.3 Å². The largest absolute Gasteiger partial charge is 0.344 e. The maximum absolute atomic E-state index is 12.8. The topological polar surface area (TPSA) is 62.6 Å². The molecule has 27 heavy (non-hydrogen) atoms. The molecule has 1 saturated carbocycles. The van der Waals surface area contributed by atoms with Crippen molar-refractivity contribution in [2.24, 2.45) is 0 Å². The lowest BCUT2D eigenvalue weighted by atomic mass is 10.1. The molecule has 0 bridgehead atoms. The van der Waals surface area contributed by atoms with Crippen molar-refractivity contribution < 1.29 is 14.4 Å². The molecule has 2 aliphatic rings. The van der Waals surface area contributed by atoms with Crippen molar-refractivity contribution in [2.75, 3.05) is 13.1 Å². The number of amides is 3. The summed E-state index contributed by atoms with van der Waals surface area (Å²) in [5.74, 6) is -0.472. The van der Waals surface area contributed by atoms with E-state index in [1.54, 1.807) is 4.90 Å². The fourth-order valence-corrected chi connectivity index (χ4v) is 3.71. The second kappa shape index (κ2) is 6.68. The van der Waals surface area contributed by atoms with Gasteiger partial charge in [0.15, 0.2) is 5.78 Å². The molecule has 1 aromatic heterocycles. The predicted molar refractivity (Wildman–Crippen MR) is 101 cm³/mol. The number of rotatable bonds is 6. The van der Waals surface area contributed by atoms with Gasteiger partial charge in [-0.2, -0.15) is 0 Å². The van der Waals surface area contributed by atoms with E-state index < -0.39 is 0 Å². The lowest BCUT2D eigenvalue weighted by Crippen LogP contribution is -2.37. The minimum absolute atomic E-state index is 0.101. The van der Waals surface area contributed by atoms with Crippen LogP contribution in [0.2, 0.25) is 0 Å². The zero-order valence-electron chi connectivity index (χ0n) is 15.6. The van der Waals surface area contributed by atoms with Crippen LogP contribution in [0, 0.1) is 13.8 Å². The molecule has 2 heterocycles. The van der Waals surface area contributed by atoms with Crippen LogP contribution in [0.1, 0.15) is 40.2 Å². The van der Waals surface area contributed by atoms with Crippen molar-refractivity contribution >= 4 is 17.7 Å². The van der Waals surface area contributed by atoms with E-state index in [0.29, 0.717) is 12.1 Å². The van der Waals surface area contributed by atoms with Crippen molar-refractivity contribution in [3.05, 3.63) is 58.9 Å². The van der Waals surface area contributed by atoms with Gasteiger partial charge in [0, 0.05) is 29.5 Å². The van der Waals surface area contributed by atoms with Crippen LogP contribution >= 0.6 is 0 Å². The monoisotopic (exact) mass is 365 g/mol. The quantitative estimate of drug-likeness (QED) is 0.584. The van der Waals surface area contributed by atoms with Gasteiger partial charge >= 0.3 is 6.03 Å². The molecule has 140 valence electrons. The Balaban J connectivity index is 1.51. The third kappa shape index (κ3) is 3.27. The molecule has 0 unspecified atom stereocenters. The Bertz CT molecular complexity index is 912. The number of imide groups is 1. The summed E-state index contributed by atoms with van der Waals surface area (Å²) in [5, 5.41) is 0. The van der Waals surface area contributed by atoms with Crippen LogP contribution in [-0.2, 0) is 11.3 Å². The third-order valence-electron chi connectivity index (χ3n) is 5.43. The van der Waals surface area contributed by atoms with Crippen LogP contribution < -0.4 is 0 Å². The highest BCUT2D eigenvalue weighted by molar-refractivity contribution is 6.08. The fourth-order valence-electron chi connectivity index (χ4n) is 3.71. The zero-order valence-corrected chi connectivity index (χ0v) is 15.6. The molecular formula is C21H23N3O3. The van der Waals surface area contributed by atoms with Gasteiger partial charge in [-0.05, 0) is 38.3 Å². The van der Waals surface area contributed by atoms with Crippen LogP contribution in [0.5, 0.6) is 0 Å². The van der Waals surface area contributed by atoms with E-state index in [1.807, 2.05) is 38.1 Å². The molecule has 3 amide bonds. The minimum Gasteiger partial charge on any atom is -0.344 e. The number of benzene rings is 1. The molecule has 6 heteroatoms. The average Bonchev–Trinajstić information content (AvgIpc) is 3.41. The summed E-state index contributed by atoms with van der Waals surface area (Å²) in [5.41, 5.74) is 3.58. The number of carbonyl (C=O) groups is 3. The SMILES string of the molecule is Cc1cc(C(=O)CN2C(=O)CN(C3CC3)C2=O)c(C)n1Cc1ccccc1. The number of nitrogens with zero attached hydrogens (tertiary/aromatic N) is 3. The van der Waals surface area contributed by atoms with Crippen molar-refractivity contribution in [3.8, 4) is 0 Å². The Morgan fingerprint density at radius 3 is 2.48 bits per heavy atom. The van der Waals surface area contributed by atoms with E-state index in [1.165, 1.54) is 0 Å². The highest BCUT2D eigenvalue weighted by atomic mass is 16.2. The van der Waals surface area contributed by atoms with Crippen molar-refractivity contribution in [1.29, 1.82) is 0 Å². The van der Waals surface area contributed by atoms with Crippen LogP contribution in [-0.4, -0.2) is 51.2 Å². The van der Waals surface area contributed by atoms with Gasteiger partial charge in [0.25, 0.3) is 5.91 Å². The molecule has 1 aliphatic carbocycles. The van der Waals surface area contributed by atoms with Crippen LogP contribution in [0.4, 0.5) is 4.79 Å². The zero-order chi connectivity index (χ0) is 19.1. The summed E-state index contributed by atoms with van der Waals surface area (Å²) in [6, 6.07) is 11.8. The number of carbonyl (C=O) groups excluding carboxylic acids is 3. The van der Waals surface area contributed by atoms with Crippen molar-refractivity contribution in [3.63, 3.8) is 0 Å². The molecule has 1 aliphatic heterocycles. The summed E-state index contributed by atoms with van der Waals surface area (Å²) < 4.78 is 2.09. The molecule has 6 nitrogen and oxygen atoms in total. The molecule has 0 radical (unpaired) electrons. The number of hydrogen-bond acceptors (Lipinski definition) is 3. The Hall–Kier alpha value is -2.89. The third-order valence-corrected chi connectivity index (χ3v) is 5.43. The molecule has 1 aromatic carbocycles. The van der Waals surface area contributed by atoms with Crippen LogP contribution in [0.25, 0.3) is 0 Å². The first-order valence-electron chi connectivity index (χ1n) is 9.30. The summed E-state index contributed by atoms with van der Waals surface area (Å²) >= 11 is 0. The van der Waals surface area contributed by atoms with E-state index >= 15 is 0 Å². The van der Waals surface area contributed by atoms with E-state index in [4.69, 9.17) is 0 Å². The lowest BCUT2D eigenvalue weighted by molar-refractivity contribution is -0.125. The number of Topliss-reactive ketones (excluding diaryl/α,β-unsaturated/α-hetero) is 1. The van der Waals surface area contributed by atoms with Gasteiger partial charge in [0.05, 0.1) is 6.54 Å². The van der Waals surface area contributed by atoms with Gasteiger partial charge in [0.1, 0.15) is 6.54 Å². The van der Waals surface area contributed by atoms with Crippen LogP contribution in [0.15, 0.2) is 36.4 Å². The van der Waals surface area contributed by atoms with Crippen molar-refractivity contribution in [1.82, 2.24) is 14.4 Å². The maximum atomic E-state index is 12.8. The molecule has 0 N–H and O–H groups in total. The van der Waals surface area contributed by atoms with E-state index in [9.17, 15) is 14.4 Å². The number of aromatic nitrogens is 1. The molecule has 0 atom stereocenters. The van der Waals surface area contributed by atoms with E-state index in [2.05, 4.69) is 16.7 Å². The van der Waals surface area contributed by atoms with Gasteiger partial charge in [-0.25, -0.2) is 4.79 Å². The number of ketones is 1. The number of urea groups is 1. The van der Waals surface area contributed by atoms with Gasteiger partial charge < -0.3 is 9.47 Å². The Morgan fingerprint density at radius 2 is 1.81 bits per heavy atom. The van der Waals surface area contributed by atoms with Gasteiger partial charge in [0.2, 0.25) is 0 Å². The highest BCUT2D eigenvalue weighted by Crippen LogP contribution is 2.30.